The summed E-state index contributed by atoms with van der Waals surface area (Å²) in [5.74, 6) is -0.961. The van der Waals surface area contributed by atoms with Gasteiger partial charge in [-0.15, -0.1) is 0 Å². The molecule has 1 aliphatic rings. The molecule has 2 N–H and O–H groups in total. The van der Waals surface area contributed by atoms with Crippen molar-refractivity contribution in [1.29, 1.82) is 0 Å². The van der Waals surface area contributed by atoms with Crippen LogP contribution in [-0.4, -0.2) is 32.0 Å². The van der Waals surface area contributed by atoms with Crippen molar-refractivity contribution in [2.75, 3.05) is 29.7 Å². The van der Waals surface area contributed by atoms with E-state index in [0.29, 0.717) is 22.5 Å². The molecule has 2 aromatic carbocycles. The first-order chi connectivity index (χ1) is 12.3. The number of methoxy groups -OCH3 is 1. The Morgan fingerprint density at radius 1 is 1.31 bits per heavy atom. The summed E-state index contributed by atoms with van der Waals surface area (Å²) in [7, 11) is 3.21. The highest BCUT2D eigenvalue weighted by Crippen LogP contribution is 2.32. The molecular formula is C19H20FN3O3. The van der Waals surface area contributed by atoms with E-state index in [1.807, 2.05) is 11.9 Å². The lowest BCUT2D eigenvalue weighted by atomic mass is 10.1. The lowest BCUT2D eigenvalue weighted by molar-refractivity contribution is -0.117. The molecule has 0 aliphatic carbocycles. The topological polar surface area (TPSA) is 70.7 Å². The van der Waals surface area contributed by atoms with Gasteiger partial charge in [0.25, 0.3) is 5.91 Å². The lowest BCUT2D eigenvalue weighted by Crippen LogP contribution is -2.43. The smallest absolute Gasteiger partial charge is 0.255 e. The summed E-state index contributed by atoms with van der Waals surface area (Å²) in [4.78, 5) is 26.4. The van der Waals surface area contributed by atoms with Crippen LogP contribution in [0.3, 0.4) is 0 Å². The Morgan fingerprint density at radius 3 is 2.73 bits per heavy atom. The molecular weight excluding hydrogens is 337 g/mol. The highest BCUT2D eigenvalue weighted by atomic mass is 19.1. The van der Waals surface area contributed by atoms with Gasteiger partial charge in [-0.05, 0) is 43.7 Å². The molecule has 3 rings (SSSR count). The highest BCUT2D eigenvalue weighted by Gasteiger charge is 2.27. The second kappa shape index (κ2) is 6.67. The van der Waals surface area contributed by atoms with Crippen molar-refractivity contribution in [2.24, 2.45) is 0 Å². The number of carbonyl (C=O) groups is 2. The maximum Gasteiger partial charge on any atom is 0.255 e. The van der Waals surface area contributed by atoms with Crippen LogP contribution in [0.2, 0.25) is 0 Å². The standard InChI is InChI=1S/C19H20FN3O3/c1-10-7-17(26-4)13(20)9-14(10)21-19(25)12-5-6-16-15(8-12)22-18(24)11(2)23(16)3/h5-9,11H,1-4H3,(H,21,25)(H,22,24). The van der Waals surface area contributed by atoms with E-state index in [1.54, 1.807) is 32.0 Å². The van der Waals surface area contributed by atoms with E-state index in [1.165, 1.54) is 19.2 Å². The van der Waals surface area contributed by atoms with E-state index >= 15 is 0 Å². The van der Waals surface area contributed by atoms with Crippen molar-refractivity contribution >= 4 is 28.9 Å². The Morgan fingerprint density at radius 2 is 2.04 bits per heavy atom. The van der Waals surface area contributed by atoms with Crippen LogP contribution in [-0.2, 0) is 4.79 Å². The molecule has 0 bridgehead atoms. The Balaban J connectivity index is 1.87. The number of ether oxygens (including phenoxy) is 1. The molecule has 2 amide bonds. The van der Waals surface area contributed by atoms with E-state index in [9.17, 15) is 14.0 Å². The van der Waals surface area contributed by atoms with Crippen LogP contribution >= 0.6 is 0 Å². The predicted octanol–water partition coefficient (Wildman–Crippen LogP) is 3.17. The Labute approximate surface area is 150 Å². The van der Waals surface area contributed by atoms with Gasteiger partial charge in [-0.1, -0.05) is 0 Å². The second-order valence-electron chi connectivity index (χ2n) is 6.26. The van der Waals surface area contributed by atoms with Crippen molar-refractivity contribution < 1.29 is 18.7 Å². The van der Waals surface area contributed by atoms with E-state index < -0.39 is 11.7 Å². The molecule has 0 radical (unpaired) electrons. The number of hydrogen-bond donors (Lipinski definition) is 2. The number of nitrogens with zero attached hydrogens (tertiary/aromatic N) is 1. The molecule has 6 nitrogen and oxygen atoms in total. The summed E-state index contributed by atoms with van der Waals surface area (Å²) >= 11 is 0. The fraction of sp³-hybridized carbons (Fsp3) is 0.263. The number of rotatable bonds is 3. The number of carbonyl (C=O) groups excluding carboxylic acids is 2. The normalized spacial score (nSPS) is 16.0. The monoisotopic (exact) mass is 357 g/mol. The number of anilines is 3. The molecule has 0 spiro atoms. The van der Waals surface area contributed by atoms with Crippen LogP contribution < -0.4 is 20.3 Å². The van der Waals surface area contributed by atoms with Crippen molar-refractivity contribution in [3.8, 4) is 5.75 Å². The molecule has 1 heterocycles. The first kappa shape index (κ1) is 17.7. The molecule has 0 fully saturated rings. The lowest BCUT2D eigenvalue weighted by Gasteiger charge is -2.33. The van der Waals surface area contributed by atoms with Gasteiger partial charge in [0, 0.05) is 24.4 Å². The molecule has 2 aromatic rings. The Bertz CT molecular complexity index is 898. The van der Waals surface area contributed by atoms with Crippen LogP contribution in [0.4, 0.5) is 21.5 Å². The van der Waals surface area contributed by atoms with Crippen LogP contribution in [0.5, 0.6) is 5.75 Å². The van der Waals surface area contributed by atoms with Crippen LogP contribution in [0.25, 0.3) is 0 Å². The Kier molecular flexibility index (Phi) is 4.54. The molecule has 0 saturated carbocycles. The fourth-order valence-electron chi connectivity index (χ4n) is 2.85. The van der Waals surface area contributed by atoms with E-state index in [4.69, 9.17) is 4.74 Å². The predicted molar refractivity (Wildman–Crippen MR) is 98.6 cm³/mol. The van der Waals surface area contributed by atoms with Gasteiger partial charge in [0.2, 0.25) is 5.91 Å². The van der Waals surface area contributed by atoms with Crippen LogP contribution in [0, 0.1) is 12.7 Å². The minimum absolute atomic E-state index is 0.120. The van der Waals surface area contributed by atoms with Crippen molar-refractivity contribution in [2.45, 2.75) is 19.9 Å². The maximum absolute atomic E-state index is 13.9. The van der Waals surface area contributed by atoms with Gasteiger partial charge in [0.05, 0.1) is 18.5 Å². The summed E-state index contributed by atoms with van der Waals surface area (Å²) < 4.78 is 18.8. The number of hydrogen-bond acceptors (Lipinski definition) is 4. The average Bonchev–Trinajstić information content (AvgIpc) is 2.62. The number of likely N-dealkylation sites (N-methyl/N-ethyl adjacent to an activating group) is 1. The van der Waals surface area contributed by atoms with E-state index in [0.717, 1.165) is 5.69 Å². The highest BCUT2D eigenvalue weighted by molar-refractivity contribution is 6.08. The van der Waals surface area contributed by atoms with Gasteiger partial charge in [-0.3, -0.25) is 9.59 Å². The number of amides is 2. The molecule has 0 saturated heterocycles. The van der Waals surface area contributed by atoms with Gasteiger partial charge in [-0.2, -0.15) is 0 Å². The second-order valence-corrected chi connectivity index (χ2v) is 6.26. The van der Waals surface area contributed by atoms with Crippen LogP contribution in [0.15, 0.2) is 30.3 Å². The zero-order chi connectivity index (χ0) is 19.0. The van der Waals surface area contributed by atoms with Crippen LogP contribution in [0.1, 0.15) is 22.8 Å². The van der Waals surface area contributed by atoms with Gasteiger partial charge in [-0.25, -0.2) is 4.39 Å². The molecule has 26 heavy (non-hydrogen) atoms. The third kappa shape index (κ3) is 3.08. The molecule has 0 aromatic heterocycles. The minimum atomic E-state index is -0.554. The number of aryl methyl sites for hydroxylation is 1. The van der Waals surface area contributed by atoms with Crippen molar-refractivity contribution in [1.82, 2.24) is 0 Å². The molecule has 136 valence electrons. The van der Waals surface area contributed by atoms with Gasteiger partial charge in [0.1, 0.15) is 6.04 Å². The number of halogens is 1. The largest absolute Gasteiger partial charge is 0.494 e. The SMILES string of the molecule is COc1cc(C)c(NC(=O)c2ccc3c(c2)NC(=O)C(C)N3C)cc1F. The third-order valence-electron chi connectivity index (χ3n) is 4.60. The summed E-state index contributed by atoms with van der Waals surface area (Å²) in [6, 6.07) is 7.52. The first-order valence-corrected chi connectivity index (χ1v) is 8.15. The third-order valence-corrected chi connectivity index (χ3v) is 4.60. The molecule has 1 atom stereocenters. The van der Waals surface area contributed by atoms with Gasteiger partial charge >= 0.3 is 0 Å². The number of nitrogens with one attached hydrogen (secondary N) is 2. The summed E-state index contributed by atoms with van der Waals surface area (Å²) in [6.45, 7) is 3.56. The van der Waals surface area contributed by atoms with Crippen molar-refractivity contribution in [3.63, 3.8) is 0 Å². The molecule has 1 unspecified atom stereocenters. The van der Waals surface area contributed by atoms with Gasteiger partial charge < -0.3 is 20.3 Å². The zero-order valence-corrected chi connectivity index (χ0v) is 15.0. The average molecular weight is 357 g/mol. The number of fused-ring (bicyclic) bond motifs is 1. The first-order valence-electron chi connectivity index (χ1n) is 8.15. The molecule has 7 heteroatoms. The summed E-state index contributed by atoms with van der Waals surface area (Å²) in [5.41, 5.74) is 2.81. The van der Waals surface area contributed by atoms with Gasteiger partial charge in [0.15, 0.2) is 11.6 Å². The quantitative estimate of drug-likeness (QED) is 0.885. The molecule has 1 aliphatic heterocycles. The zero-order valence-electron chi connectivity index (χ0n) is 15.0. The fourth-order valence-corrected chi connectivity index (χ4v) is 2.85. The minimum Gasteiger partial charge on any atom is -0.494 e. The Hall–Kier alpha value is -3.09. The van der Waals surface area contributed by atoms with E-state index in [2.05, 4.69) is 10.6 Å². The summed E-state index contributed by atoms with van der Waals surface area (Å²) in [5, 5.41) is 5.49. The van der Waals surface area contributed by atoms with Crippen molar-refractivity contribution in [3.05, 3.63) is 47.3 Å². The van der Waals surface area contributed by atoms with E-state index in [-0.39, 0.29) is 17.7 Å². The maximum atomic E-state index is 13.9. The number of benzene rings is 2. The summed E-state index contributed by atoms with van der Waals surface area (Å²) in [6.07, 6.45) is 0.